The van der Waals surface area contributed by atoms with Crippen molar-refractivity contribution < 1.29 is 8.78 Å². The van der Waals surface area contributed by atoms with E-state index in [1.807, 2.05) is 27.7 Å². The number of hydrogen-bond acceptors (Lipinski definition) is 0. The predicted octanol–water partition coefficient (Wildman–Crippen LogP) is 5.67. The van der Waals surface area contributed by atoms with Crippen LogP contribution in [0.5, 0.6) is 0 Å². The van der Waals surface area contributed by atoms with Crippen molar-refractivity contribution in [2.45, 2.75) is 60.3 Å². The molecule has 0 amide bonds. The van der Waals surface area contributed by atoms with Gasteiger partial charge in [0.2, 0.25) is 0 Å². The minimum atomic E-state index is -0.447. The maximum absolute atomic E-state index is 13.3. The molecule has 104 valence electrons. The van der Waals surface area contributed by atoms with Gasteiger partial charge in [-0.2, -0.15) is 0 Å². The molecule has 0 aromatic heterocycles. The van der Waals surface area contributed by atoms with Crippen molar-refractivity contribution in [3.05, 3.63) is 34.9 Å². The van der Waals surface area contributed by atoms with Crippen LogP contribution in [0.4, 0.5) is 8.78 Å². The lowest BCUT2D eigenvalue weighted by Gasteiger charge is -2.04. The molecule has 0 heterocycles. The Hall–Kier alpha value is -0.920. The van der Waals surface area contributed by atoms with Crippen LogP contribution in [0.1, 0.15) is 58.1 Å². The summed E-state index contributed by atoms with van der Waals surface area (Å²) < 4.78 is 26.2. The molecule has 1 aliphatic rings. The van der Waals surface area contributed by atoms with Gasteiger partial charge >= 0.3 is 0 Å². The summed E-state index contributed by atoms with van der Waals surface area (Å²) in [6.07, 6.45) is 4.35. The highest BCUT2D eigenvalue weighted by Crippen LogP contribution is 2.33. The molecule has 0 atom stereocenters. The monoisotopic (exact) mass is 256 g/mol. The van der Waals surface area contributed by atoms with E-state index in [1.54, 1.807) is 13.0 Å². The van der Waals surface area contributed by atoms with Gasteiger partial charge in [-0.05, 0) is 36.8 Å². The van der Waals surface area contributed by atoms with Crippen molar-refractivity contribution in [1.82, 2.24) is 0 Å². The van der Waals surface area contributed by atoms with Gasteiger partial charge in [0.15, 0.2) is 0 Å². The number of benzene rings is 1. The van der Waals surface area contributed by atoms with Gasteiger partial charge in [-0.25, -0.2) is 8.78 Å². The normalized spacial score (nSPS) is 13.1. The molecular weight excluding hydrogens is 230 g/mol. The van der Waals surface area contributed by atoms with Crippen molar-refractivity contribution >= 4 is 0 Å². The quantitative estimate of drug-likeness (QED) is 0.653. The van der Waals surface area contributed by atoms with E-state index in [0.29, 0.717) is 11.1 Å². The van der Waals surface area contributed by atoms with Gasteiger partial charge in [0.25, 0.3) is 0 Å². The second kappa shape index (κ2) is 9.07. The number of halogens is 2. The topological polar surface area (TPSA) is 0 Å². The van der Waals surface area contributed by atoms with Crippen LogP contribution in [0, 0.1) is 24.5 Å². The van der Waals surface area contributed by atoms with E-state index < -0.39 is 11.6 Å². The van der Waals surface area contributed by atoms with Gasteiger partial charge in [-0.15, -0.1) is 0 Å². The van der Waals surface area contributed by atoms with Crippen molar-refractivity contribution in [3.8, 4) is 0 Å². The molecule has 1 aromatic rings. The Morgan fingerprint density at radius 3 is 2.06 bits per heavy atom. The summed E-state index contributed by atoms with van der Waals surface area (Å²) in [7, 11) is 0. The summed E-state index contributed by atoms with van der Waals surface area (Å²) in [5.74, 6) is -0.0498. The molecular formula is C16H26F2. The summed E-state index contributed by atoms with van der Waals surface area (Å²) >= 11 is 0. The Kier molecular flexibility index (Phi) is 8.61. The molecule has 0 nitrogen and oxygen atoms in total. The van der Waals surface area contributed by atoms with E-state index in [1.165, 1.54) is 12.8 Å². The maximum atomic E-state index is 13.3. The third-order valence-electron chi connectivity index (χ3n) is 2.85. The van der Waals surface area contributed by atoms with Crippen molar-refractivity contribution in [2.24, 2.45) is 5.92 Å². The molecule has 0 saturated heterocycles. The van der Waals surface area contributed by atoms with Gasteiger partial charge in [0, 0.05) is 6.07 Å². The first kappa shape index (κ1) is 17.1. The van der Waals surface area contributed by atoms with Crippen LogP contribution in [0.25, 0.3) is 0 Å². The fourth-order valence-electron chi connectivity index (χ4n) is 1.67. The van der Waals surface area contributed by atoms with Crippen molar-refractivity contribution in [2.75, 3.05) is 0 Å². The minimum Gasteiger partial charge on any atom is -0.207 e. The molecule has 0 N–H and O–H groups in total. The van der Waals surface area contributed by atoms with Crippen LogP contribution >= 0.6 is 0 Å². The van der Waals surface area contributed by atoms with Gasteiger partial charge in [0.1, 0.15) is 11.6 Å². The van der Waals surface area contributed by atoms with Crippen LogP contribution in [-0.2, 0) is 6.42 Å². The number of hydrogen-bond donors (Lipinski definition) is 0. The van der Waals surface area contributed by atoms with Crippen molar-refractivity contribution in [3.63, 3.8) is 0 Å². The van der Waals surface area contributed by atoms with Gasteiger partial charge in [0.05, 0.1) is 0 Å². The molecule has 2 heteroatoms. The highest BCUT2D eigenvalue weighted by Gasteiger charge is 2.21. The average Bonchev–Trinajstić information content (AvgIpc) is 3.21. The first-order valence-corrected chi connectivity index (χ1v) is 7.11. The SMILES string of the molecule is CC.CC.Cc1cc(CCC2CC2)c(F)cc1F. The summed E-state index contributed by atoms with van der Waals surface area (Å²) in [6.45, 7) is 9.68. The highest BCUT2D eigenvalue weighted by molar-refractivity contribution is 5.25. The average molecular weight is 256 g/mol. The van der Waals surface area contributed by atoms with E-state index in [9.17, 15) is 8.78 Å². The van der Waals surface area contributed by atoms with Crippen LogP contribution in [-0.4, -0.2) is 0 Å². The Morgan fingerprint density at radius 1 is 1.00 bits per heavy atom. The molecule has 2 rings (SSSR count). The molecule has 0 aliphatic heterocycles. The molecule has 0 bridgehead atoms. The molecule has 1 saturated carbocycles. The predicted molar refractivity (Wildman–Crippen MR) is 74.8 cm³/mol. The second-order valence-corrected chi connectivity index (χ2v) is 4.17. The lowest BCUT2D eigenvalue weighted by molar-refractivity contribution is 0.561. The lowest BCUT2D eigenvalue weighted by Crippen LogP contribution is -1.95. The zero-order valence-corrected chi connectivity index (χ0v) is 12.3. The van der Waals surface area contributed by atoms with E-state index in [2.05, 4.69) is 0 Å². The smallest absolute Gasteiger partial charge is 0.129 e. The third kappa shape index (κ3) is 5.61. The number of rotatable bonds is 3. The molecule has 1 fully saturated rings. The molecule has 0 radical (unpaired) electrons. The molecule has 1 aliphatic carbocycles. The summed E-state index contributed by atoms with van der Waals surface area (Å²) in [6, 6.07) is 2.63. The van der Waals surface area contributed by atoms with Gasteiger partial charge in [-0.3, -0.25) is 0 Å². The van der Waals surface area contributed by atoms with Crippen LogP contribution in [0.15, 0.2) is 12.1 Å². The molecule has 0 unspecified atom stereocenters. The zero-order chi connectivity index (χ0) is 14.1. The lowest BCUT2D eigenvalue weighted by atomic mass is 10.0. The summed E-state index contributed by atoms with van der Waals surface area (Å²) in [5.41, 5.74) is 1.20. The Bertz CT molecular complexity index is 341. The molecule has 1 aromatic carbocycles. The minimum absolute atomic E-state index is 0.395. The standard InChI is InChI=1S/C12H14F2.2C2H6/c1-8-6-10(5-4-9-2-3-9)12(14)7-11(8)13;2*1-2/h6-7,9H,2-5H2,1H3;2*1-2H3. The van der Waals surface area contributed by atoms with Crippen LogP contribution < -0.4 is 0 Å². The fraction of sp³-hybridized carbons (Fsp3) is 0.625. The third-order valence-corrected chi connectivity index (χ3v) is 2.85. The maximum Gasteiger partial charge on any atom is 0.129 e. The number of aryl methyl sites for hydroxylation is 2. The summed E-state index contributed by atoms with van der Waals surface area (Å²) in [4.78, 5) is 0. The second-order valence-electron chi connectivity index (χ2n) is 4.17. The van der Waals surface area contributed by atoms with Gasteiger partial charge in [-0.1, -0.05) is 46.6 Å². The molecule has 18 heavy (non-hydrogen) atoms. The van der Waals surface area contributed by atoms with E-state index in [4.69, 9.17) is 0 Å². The first-order chi connectivity index (χ1) is 8.66. The summed E-state index contributed by atoms with van der Waals surface area (Å²) in [5, 5.41) is 0. The Morgan fingerprint density at radius 2 is 1.56 bits per heavy atom. The van der Waals surface area contributed by atoms with E-state index in [0.717, 1.165) is 24.8 Å². The molecule has 0 spiro atoms. The fourth-order valence-corrected chi connectivity index (χ4v) is 1.67. The largest absolute Gasteiger partial charge is 0.207 e. The first-order valence-electron chi connectivity index (χ1n) is 7.11. The van der Waals surface area contributed by atoms with Crippen molar-refractivity contribution in [1.29, 1.82) is 0 Å². The van der Waals surface area contributed by atoms with Gasteiger partial charge < -0.3 is 0 Å². The van der Waals surface area contributed by atoms with Crippen LogP contribution in [0.2, 0.25) is 0 Å². The van der Waals surface area contributed by atoms with E-state index in [-0.39, 0.29) is 0 Å². The zero-order valence-electron chi connectivity index (χ0n) is 12.3. The Balaban J connectivity index is 0.000000659. The Labute approximate surface area is 110 Å². The highest BCUT2D eigenvalue weighted by atomic mass is 19.1. The van der Waals surface area contributed by atoms with E-state index >= 15 is 0 Å². The van der Waals surface area contributed by atoms with Crippen LogP contribution in [0.3, 0.4) is 0 Å².